The molecule has 7 nitrogen and oxygen atoms in total. The monoisotopic (exact) mass is 349 g/mol. The molecular weight excluding hydrogens is 322 g/mol. The molecule has 0 radical (unpaired) electrons. The molecule has 1 aromatic rings. The molecule has 2 fully saturated rings. The second-order valence-corrected chi connectivity index (χ2v) is 7.09. The van der Waals surface area contributed by atoms with Crippen LogP contribution in [0.25, 0.3) is 0 Å². The molecule has 2 saturated heterocycles. The Labute approximate surface area is 148 Å². The van der Waals surface area contributed by atoms with Crippen molar-refractivity contribution in [2.75, 3.05) is 19.6 Å². The van der Waals surface area contributed by atoms with Gasteiger partial charge in [-0.15, -0.1) is 0 Å². The molecule has 3 heterocycles. The molecule has 7 heteroatoms. The highest BCUT2D eigenvalue weighted by molar-refractivity contribution is 5.93. The van der Waals surface area contributed by atoms with Gasteiger partial charge in [0.25, 0.3) is 5.91 Å². The molecule has 1 atom stereocenters. The highest BCUT2D eigenvalue weighted by Gasteiger charge is 2.48. The average molecular weight is 349 g/mol. The molecule has 1 spiro atoms. The average Bonchev–Trinajstić information content (AvgIpc) is 3.20. The summed E-state index contributed by atoms with van der Waals surface area (Å²) in [5.74, 6) is 0.526. The van der Waals surface area contributed by atoms with Crippen LogP contribution >= 0.6 is 0 Å². The van der Waals surface area contributed by atoms with Gasteiger partial charge < -0.3 is 19.0 Å². The predicted octanol–water partition coefficient (Wildman–Crippen LogP) is 2.85. The fourth-order valence-electron chi connectivity index (χ4n) is 3.78. The summed E-state index contributed by atoms with van der Waals surface area (Å²) in [5.41, 5.74) is -0.0483. The molecule has 2 amide bonds. The van der Waals surface area contributed by atoms with Crippen LogP contribution in [-0.4, -0.2) is 58.1 Å². The van der Waals surface area contributed by atoms with Crippen LogP contribution in [0.4, 0.5) is 4.79 Å². The summed E-state index contributed by atoms with van der Waals surface area (Å²) in [6.45, 7) is 7.88. The largest absolute Gasteiger partial charge is 0.448 e. The van der Waals surface area contributed by atoms with E-state index in [0.717, 1.165) is 12.8 Å². The van der Waals surface area contributed by atoms with E-state index in [0.29, 0.717) is 50.4 Å². The minimum absolute atomic E-state index is 0.0963. The van der Waals surface area contributed by atoms with Crippen LogP contribution in [0.5, 0.6) is 0 Å². The minimum atomic E-state index is -0.451. The van der Waals surface area contributed by atoms with Gasteiger partial charge in [0, 0.05) is 38.4 Å². The van der Waals surface area contributed by atoms with Crippen molar-refractivity contribution < 1.29 is 18.7 Å². The zero-order valence-electron chi connectivity index (χ0n) is 15.3. The first-order valence-corrected chi connectivity index (χ1v) is 9.21. The van der Waals surface area contributed by atoms with E-state index >= 15 is 0 Å². The van der Waals surface area contributed by atoms with Crippen LogP contribution in [0.15, 0.2) is 10.8 Å². The van der Waals surface area contributed by atoms with E-state index in [9.17, 15) is 9.59 Å². The maximum Gasteiger partial charge on any atom is 0.410 e. The number of aromatic nitrogens is 1. The van der Waals surface area contributed by atoms with E-state index in [4.69, 9.17) is 9.15 Å². The summed E-state index contributed by atoms with van der Waals surface area (Å²) in [6, 6.07) is 0.193. The normalized spacial score (nSPS) is 20.8. The van der Waals surface area contributed by atoms with Gasteiger partial charge in [-0.1, -0.05) is 20.3 Å². The van der Waals surface area contributed by atoms with Crippen molar-refractivity contribution in [3.05, 3.63) is 17.8 Å². The van der Waals surface area contributed by atoms with Gasteiger partial charge in [-0.25, -0.2) is 9.78 Å². The zero-order chi connectivity index (χ0) is 18.0. The number of carbonyl (C=O) groups is 2. The molecule has 2 aliphatic rings. The molecular formula is C18H27N3O4. The lowest BCUT2D eigenvalue weighted by Gasteiger charge is -2.37. The Hall–Kier alpha value is -2.05. The Kier molecular flexibility index (Phi) is 5.01. The lowest BCUT2D eigenvalue weighted by atomic mass is 9.90. The van der Waals surface area contributed by atoms with Crippen molar-refractivity contribution >= 4 is 12.0 Å². The molecule has 1 aromatic heterocycles. The second-order valence-electron chi connectivity index (χ2n) is 7.09. The molecule has 0 saturated carbocycles. The fraction of sp³-hybridized carbons (Fsp3) is 0.722. The first-order chi connectivity index (χ1) is 12.0. The van der Waals surface area contributed by atoms with Crippen LogP contribution in [0, 0.1) is 0 Å². The number of nitrogens with zero attached hydrogens (tertiary/aromatic N) is 3. The van der Waals surface area contributed by atoms with Crippen LogP contribution in [0.1, 0.15) is 62.7 Å². The van der Waals surface area contributed by atoms with Gasteiger partial charge in [0.2, 0.25) is 0 Å². The second kappa shape index (κ2) is 7.06. The number of hydrogen-bond acceptors (Lipinski definition) is 5. The van der Waals surface area contributed by atoms with Gasteiger partial charge in [-0.3, -0.25) is 4.79 Å². The van der Waals surface area contributed by atoms with E-state index in [1.54, 1.807) is 4.90 Å². The van der Waals surface area contributed by atoms with Crippen LogP contribution in [0.2, 0.25) is 0 Å². The summed E-state index contributed by atoms with van der Waals surface area (Å²) in [7, 11) is 0. The van der Waals surface area contributed by atoms with Crippen molar-refractivity contribution in [3.8, 4) is 0 Å². The van der Waals surface area contributed by atoms with Crippen molar-refractivity contribution in [2.45, 2.75) is 64.5 Å². The number of hydrogen-bond donors (Lipinski definition) is 0. The van der Waals surface area contributed by atoms with Crippen LogP contribution < -0.4 is 0 Å². The number of aryl methyl sites for hydroxylation is 1. The quantitative estimate of drug-likeness (QED) is 0.817. The number of amides is 2. The number of oxazole rings is 1. The van der Waals surface area contributed by atoms with E-state index in [1.807, 2.05) is 11.8 Å². The summed E-state index contributed by atoms with van der Waals surface area (Å²) >= 11 is 0. The smallest absolute Gasteiger partial charge is 0.410 e. The van der Waals surface area contributed by atoms with E-state index in [2.05, 4.69) is 18.8 Å². The van der Waals surface area contributed by atoms with Gasteiger partial charge in [0.1, 0.15) is 11.4 Å². The number of rotatable bonds is 5. The molecule has 0 N–H and O–H groups in total. The SMILES string of the molecule is CCC[C@H](C)N1CC2(CCN(C(=O)c3ncoc3CC)CC2)OC1=O. The van der Waals surface area contributed by atoms with Gasteiger partial charge in [-0.2, -0.15) is 0 Å². The molecule has 138 valence electrons. The Balaban J connectivity index is 1.62. The maximum atomic E-state index is 12.7. The molecule has 0 aliphatic carbocycles. The third kappa shape index (κ3) is 3.37. The molecule has 2 aliphatic heterocycles. The van der Waals surface area contributed by atoms with Crippen LogP contribution in [0.3, 0.4) is 0 Å². The van der Waals surface area contributed by atoms with E-state index < -0.39 is 5.60 Å². The standard InChI is InChI=1S/C18H27N3O4/c1-4-6-13(3)21-11-18(25-17(21)23)7-9-20(10-8-18)16(22)15-14(5-2)24-12-19-15/h12-13H,4-11H2,1-3H3/t13-/m0/s1. The summed E-state index contributed by atoms with van der Waals surface area (Å²) in [4.78, 5) is 32.6. The van der Waals surface area contributed by atoms with Crippen molar-refractivity contribution in [3.63, 3.8) is 0 Å². The number of piperidine rings is 1. The lowest BCUT2D eigenvalue weighted by Crippen LogP contribution is -2.49. The minimum Gasteiger partial charge on any atom is -0.448 e. The van der Waals surface area contributed by atoms with Gasteiger partial charge >= 0.3 is 6.09 Å². The molecule has 3 rings (SSSR count). The van der Waals surface area contributed by atoms with E-state index in [-0.39, 0.29) is 18.0 Å². The first-order valence-electron chi connectivity index (χ1n) is 9.21. The zero-order valence-corrected chi connectivity index (χ0v) is 15.3. The van der Waals surface area contributed by atoms with Gasteiger partial charge in [0.15, 0.2) is 12.1 Å². The van der Waals surface area contributed by atoms with Gasteiger partial charge in [0.05, 0.1) is 6.54 Å². The predicted molar refractivity (Wildman–Crippen MR) is 91.3 cm³/mol. The van der Waals surface area contributed by atoms with Crippen LogP contribution in [-0.2, 0) is 11.2 Å². The molecule has 0 unspecified atom stereocenters. The van der Waals surface area contributed by atoms with Crippen molar-refractivity contribution in [1.82, 2.24) is 14.8 Å². The Bertz CT molecular complexity index is 634. The Morgan fingerprint density at radius 1 is 1.36 bits per heavy atom. The third-order valence-electron chi connectivity index (χ3n) is 5.36. The highest BCUT2D eigenvalue weighted by Crippen LogP contribution is 2.35. The Morgan fingerprint density at radius 2 is 2.08 bits per heavy atom. The highest BCUT2D eigenvalue weighted by atomic mass is 16.6. The topological polar surface area (TPSA) is 75.9 Å². The lowest BCUT2D eigenvalue weighted by molar-refractivity contribution is 0.00286. The van der Waals surface area contributed by atoms with Crippen molar-refractivity contribution in [1.29, 1.82) is 0 Å². The molecule has 25 heavy (non-hydrogen) atoms. The maximum absolute atomic E-state index is 12.7. The van der Waals surface area contributed by atoms with Gasteiger partial charge in [-0.05, 0) is 13.3 Å². The van der Waals surface area contributed by atoms with E-state index in [1.165, 1.54) is 6.39 Å². The number of ether oxygens (including phenoxy) is 1. The number of carbonyl (C=O) groups excluding carboxylic acids is 2. The molecule has 0 aromatic carbocycles. The fourth-order valence-corrected chi connectivity index (χ4v) is 3.78. The first kappa shape index (κ1) is 17.8. The van der Waals surface area contributed by atoms with Crippen molar-refractivity contribution in [2.24, 2.45) is 0 Å². The summed E-state index contributed by atoms with van der Waals surface area (Å²) in [5, 5.41) is 0. The Morgan fingerprint density at radius 3 is 2.72 bits per heavy atom. The summed E-state index contributed by atoms with van der Waals surface area (Å²) in [6.07, 6.45) is 5.09. The summed E-state index contributed by atoms with van der Waals surface area (Å²) < 4.78 is 11.0. The number of likely N-dealkylation sites (tertiary alicyclic amines) is 1. The third-order valence-corrected chi connectivity index (χ3v) is 5.36. The molecule has 0 bridgehead atoms.